The molecule has 7 heteroatoms. The van der Waals surface area contributed by atoms with Crippen LogP contribution in [0.1, 0.15) is 41.5 Å². The number of rotatable bonds is 9. The quantitative estimate of drug-likeness (QED) is 0.386. The summed E-state index contributed by atoms with van der Waals surface area (Å²) in [7, 11) is 0. The van der Waals surface area contributed by atoms with Crippen LogP contribution in [0.3, 0.4) is 0 Å². The fourth-order valence-corrected chi connectivity index (χ4v) is 1.45. The zero-order chi connectivity index (χ0) is 18.3. The molecule has 0 aromatic rings. The summed E-state index contributed by atoms with van der Waals surface area (Å²) in [4.78, 5) is 35.6. The van der Waals surface area contributed by atoms with Crippen LogP contribution in [0.5, 0.6) is 0 Å². The highest BCUT2D eigenvalue weighted by Gasteiger charge is 2.50. The molecule has 0 spiro atoms. The van der Waals surface area contributed by atoms with E-state index < -0.39 is 22.8 Å². The lowest BCUT2D eigenvalue weighted by atomic mass is 9.68. The van der Waals surface area contributed by atoms with Crippen LogP contribution in [-0.2, 0) is 28.6 Å². The maximum atomic E-state index is 12.2. The standard InChI is InChI=1S/C16H28O7/c1-11(2)12(18)21-9-10-23-14(20)16(5,6)15(3,4)13(19)22-8-7-17/h11,17H,7-10H2,1-6H3. The molecule has 134 valence electrons. The van der Waals surface area contributed by atoms with E-state index in [-0.39, 0.29) is 38.3 Å². The summed E-state index contributed by atoms with van der Waals surface area (Å²) >= 11 is 0. The van der Waals surface area contributed by atoms with E-state index in [9.17, 15) is 14.4 Å². The number of ether oxygens (including phenoxy) is 3. The van der Waals surface area contributed by atoms with Crippen LogP contribution in [0.25, 0.3) is 0 Å². The van der Waals surface area contributed by atoms with Crippen LogP contribution >= 0.6 is 0 Å². The molecule has 0 bridgehead atoms. The van der Waals surface area contributed by atoms with Gasteiger partial charge in [0.2, 0.25) is 0 Å². The van der Waals surface area contributed by atoms with Crippen molar-refractivity contribution in [2.75, 3.05) is 26.4 Å². The Bertz CT molecular complexity index is 424. The van der Waals surface area contributed by atoms with E-state index >= 15 is 0 Å². The van der Waals surface area contributed by atoms with Crippen molar-refractivity contribution >= 4 is 17.9 Å². The van der Waals surface area contributed by atoms with Gasteiger partial charge in [0.1, 0.15) is 19.8 Å². The highest BCUT2D eigenvalue weighted by molar-refractivity contribution is 5.87. The van der Waals surface area contributed by atoms with Crippen molar-refractivity contribution < 1.29 is 33.7 Å². The van der Waals surface area contributed by atoms with Gasteiger partial charge in [-0.2, -0.15) is 0 Å². The third-order valence-electron chi connectivity index (χ3n) is 3.94. The van der Waals surface area contributed by atoms with Crippen molar-refractivity contribution in [3.05, 3.63) is 0 Å². The van der Waals surface area contributed by atoms with Gasteiger partial charge in [-0.25, -0.2) is 0 Å². The Kier molecular flexibility index (Phi) is 8.23. The first kappa shape index (κ1) is 21.4. The summed E-state index contributed by atoms with van der Waals surface area (Å²) in [6.07, 6.45) is 0. The Balaban J connectivity index is 4.58. The van der Waals surface area contributed by atoms with Gasteiger partial charge in [-0.15, -0.1) is 0 Å². The van der Waals surface area contributed by atoms with Gasteiger partial charge in [0, 0.05) is 0 Å². The first-order valence-electron chi connectivity index (χ1n) is 7.60. The minimum absolute atomic E-state index is 0.0335. The topological polar surface area (TPSA) is 99.1 Å². The summed E-state index contributed by atoms with van der Waals surface area (Å²) in [6.45, 7) is 9.20. The lowest BCUT2D eigenvalue weighted by molar-refractivity contribution is -0.177. The Morgan fingerprint density at radius 2 is 1.22 bits per heavy atom. The summed E-state index contributed by atoms with van der Waals surface area (Å²) < 4.78 is 14.9. The molecule has 1 N–H and O–H groups in total. The second kappa shape index (κ2) is 8.86. The van der Waals surface area contributed by atoms with Gasteiger partial charge in [0.05, 0.1) is 23.4 Å². The second-order valence-corrected chi connectivity index (χ2v) is 6.57. The molecule has 0 radical (unpaired) electrons. The largest absolute Gasteiger partial charge is 0.463 e. The Labute approximate surface area is 137 Å². The third kappa shape index (κ3) is 5.82. The predicted molar refractivity (Wildman–Crippen MR) is 82.4 cm³/mol. The summed E-state index contributed by atoms with van der Waals surface area (Å²) in [5.74, 6) is -1.81. The number of aliphatic hydroxyl groups excluding tert-OH is 1. The van der Waals surface area contributed by atoms with Crippen LogP contribution < -0.4 is 0 Å². The predicted octanol–water partition coefficient (Wildman–Crippen LogP) is 1.32. The summed E-state index contributed by atoms with van der Waals surface area (Å²) in [6, 6.07) is 0. The third-order valence-corrected chi connectivity index (χ3v) is 3.94. The molecule has 0 unspecified atom stereocenters. The lowest BCUT2D eigenvalue weighted by Gasteiger charge is -2.36. The van der Waals surface area contributed by atoms with Crippen LogP contribution in [0.15, 0.2) is 0 Å². The van der Waals surface area contributed by atoms with Gasteiger partial charge in [0.15, 0.2) is 0 Å². The second-order valence-electron chi connectivity index (χ2n) is 6.57. The average molecular weight is 332 g/mol. The van der Waals surface area contributed by atoms with Crippen LogP contribution in [0.4, 0.5) is 0 Å². The van der Waals surface area contributed by atoms with Crippen molar-refractivity contribution in [3.8, 4) is 0 Å². The van der Waals surface area contributed by atoms with E-state index in [2.05, 4.69) is 0 Å². The van der Waals surface area contributed by atoms with Crippen molar-refractivity contribution in [3.63, 3.8) is 0 Å². The number of hydrogen-bond acceptors (Lipinski definition) is 7. The molecule has 0 saturated carbocycles. The first-order valence-corrected chi connectivity index (χ1v) is 7.60. The monoisotopic (exact) mass is 332 g/mol. The Morgan fingerprint density at radius 1 is 0.826 bits per heavy atom. The van der Waals surface area contributed by atoms with Gasteiger partial charge in [-0.3, -0.25) is 14.4 Å². The molecule has 23 heavy (non-hydrogen) atoms. The minimum Gasteiger partial charge on any atom is -0.463 e. The molecule has 0 fully saturated rings. The zero-order valence-corrected chi connectivity index (χ0v) is 14.8. The van der Waals surface area contributed by atoms with Crippen LogP contribution in [0.2, 0.25) is 0 Å². The van der Waals surface area contributed by atoms with Crippen molar-refractivity contribution in [1.82, 2.24) is 0 Å². The van der Waals surface area contributed by atoms with Gasteiger partial charge in [-0.1, -0.05) is 13.8 Å². The minimum atomic E-state index is -1.15. The summed E-state index contributed by atoms with van der Waals surface area (Å²) in [5, 5.41) is 8.71. The zero-order valence-electron chi connectivity index (χ0n) is 14.8. The highest BCUT2D eigenvalue weighted by Crippen LogP contribution is 2.40. The number of esters is 3. The van der Waals surface area contributed by atoms with Gasteiger partial charge >= 0.3 is 17.9 Å². The van der Waals surface area contributed by atoms with E-state index in [1.807, 2.05) is 0 Å². The highest BCUT2D eigenvalue weighted by atomic mass is 16.6. The number of carbonyl (C=O) groups excluding carboxylic acids is 3. The van der Waals surface area contributed by atoms with Crippen molar-refractivity contribution in [2.45, 2.75) is 41.5 Å². The summed E-state index contributed by atoms with van der Waals surface area (Å²) in [5.41, 5.74) is -2.30. The molecule has 0 aliphatic carbocycles. The molecule has 0 saturated heterocycles. The maximum Gasteiger partial charge on any atom is 0.312 e. The molecule has 0 rings (SSSR count). The molecule has 0 aromatic carbocycles. The lowest BCUT2D eigenvalue weighted by Crippen LogP contribution is -2.47. The number of aliphatic hydroxyl groups is 1. The smallest absolute Gasteiger partial charge is 0.312 e. The van der Waals surface area contributed by atoms with Crippen molar-refractivity contribution in [1.29, 1.82) is 0 Å². The fourth-order valence-electron chi connectivity index (χ4n) is 1.45. The molecule has 0 amide bonds. The number of hydrogen-bond donors (Lipinski definition) is 1. The SMILES string of the molecule is CC(C)C(=O)OCCOC(=O)C(C)(C)C(C)(C)C(=O)OCCO. The molecule has 0 aromatic heterocycles. The molecule has 0 aliphatic heterocycles. The van der Waals surface area contributed by atoms with Gasteiger partial charge < -0.3 is 19.3 Å². The molecule has 0 heterocycles. The van der Waals surface area contributed by atoms with Crippen LogP contribution in [-0.4, -0.2) is 49.4 Å². The van der Waals surface area contributed by atoms with Crippen LogP contribution in [0, 0.1) is 16.7 Å². The molecule has 7 nitrogen and oxygen atoms in total. The first-order chi connectivity index (χ1) is 10.5. The maximum absolute atomic E-state index is 12.2. The number of carbonyl (C=O) groups is 3. The normalized spacial score (nSPS) is 12.0. The van der Waals surface area contributed by atoms with Gasteiger partial charge in [-0.05, 0) is 27.7 Å². The molecular weight excluding hydrogens is 304 g/mol. The molecule has 0 atom stereocenters. The van der Waals surface area contributed by atoms with E-state index in [1.165, 1.54) is 0 Å². The van der Waals surface area contributed by atoms with E-state index in [1.54, 1.807) is 41.5 Å². The Morgan fingerprint density at radius 3 is 1.61 bits per heavy atom. The van der Waals surface area contributed by atoms with E-state index in [4.69, 9.17) is 19.3 Å². The molecular formula is C16H28O7. The average Bonchev–Trinajstić information content (AvgIpc) is 2.47. The van der Waals surface area contributed by atoms with Crippen molar-refractivity contribution in [2.24, 2.45) is 16.7 Å². The van der Waals surface area contributed by atoms with Gasteiger partial charge in [0.25, 0.3) is 0 Å². The van der Waals surface area contributed by atoms with E-state index in [0.717, 1.165) is 0 Å². The van der Waals surface area contributed by atoms with E-state index in [0.29, 0.717) is 0 Å². The fraction of sp³-hybridized carbons (Fsp3) is 0.812. The molecule has 0 aliphatic rings. The Hall–Kier alpha value is -1.63.